The summed E-state index contributed by atoms with van der Waals surface area (Å²) in [6, 6.07) is 6.29. The van der Waals surface area contributed by atoms with Gasteiger partial charge in [0.05, 0.1) is 24.2 Å². The van der Waals surface area contributed by atoms with E-state index in [1.54, 1.807) is 11.6 Å². The number of methoxy groups -OCH3 is 1. The number of hydrogen-bond donors (Lipinski definition) is 2. The Kier molecular flexibility index (Phi) is 5.15. The molecule has 5 rings (SSSR count). The Morgan fingerprint density at radius 1 is 1.16 bits per heavy atom. The zero-order chi connectivity index (χ0) is 21.4. The van der Waals surface area contributed by atoms with Crippen molar-refractivity contribution in [3.8, 4) is 28.4 Å². The number of pyridine rings is 2. The average molecular weight is 418 g/mol. The normalized spacial score (nSPS) is 15.1. The van der Waals surface area contributed by atoms with E-state index < -0.39 is 0 Å². The number of piperidine rings is 1. The largest absolute Gasteiger partial charge is 0.493 e. The number of H-pyrrole nitrogens is 1. The van der Waals surface area contributed by atoms with Gasteiger partial charge in [-0.05, 0) is 55.5 Å². The van der Waals surface area contributed by atoms with Crippen LogP contribution in [0.4, 0.5) is 0 Å². The maximum Gasteiger partial charge on any atom is 0.197 e. The van der Waals surface area contributed by atoms with Crippen LogP contribution in [0, 0.1) is 0 Å². The Morgan fingerprint density at radius 3 is 2.71 bits per heavy atom. The number of ether oxygens (including phenoxy) is 1. The van der Waals surface area contributed by atoms with Gasteiger partial charge in [0.2, 0.25) is 0 Å². The summed E-state index contributed by atoms with van der Waals surface area (Å²) in [7, 11) is 1.64. The van der Waals surface area contributed by atoms with Crippen molar-refractivity contribution in [1.82, 2.24) is 35.1 Å². The van der Waals surface area contributed by atoms with Crippen LogP contribution in [-0.4, -0.2) is 50.0 Å². The van der Waals surface area contributed by atoms with E-state index in [2.05, 4.69) is 51.6 Å². The van der Waals surface area contributed by atoms with Crippen LogP contribution in [0.2, 0.25) is 0 Å². The lowest BCUT2D eigenvalue weighted by atomic mass is 9.91. The molecule has 2 N–H and O–H groups in total. The second-order valence-electron chi connectivity index (χ2n) is 8.34. The third kappa shape index (κ3) is 3.57. The summed E-state index contributed by atoms with van der Waals surface area (Å²) >= 11 is 0. The van der Waals surface area contributed by atoms with E-state index in [0.717, 1.165) is 41.3 Å². The van der Waals surface area contributed by atoms with Crippen molar-refractivity contribution in [3.63, 3.8) is 0 Å². The number of fused-ring (bicyclic) bond motifs is 1. The van der Waals surface area contributed by atoms with Gasteiger partial charge >= 0.3 is 0 Å². The van der Waals surface area contributed by atoms with Crippen LogP contribution in [0.3, 0.4) is 0 Å². The lowest BCUT2D eigenvalue weighted by Gasteiger charge is -2.22. The molecule has 0 saturated carbocycles. The lowest BCUT2D eigenvalue weighted by molar-refractivity contribution is 0.416. The van der Waals surface area contributed by atoms with E-state index in [4.69, 9.17) is 9.72 Å². The quantitative estimate of drug-likeness (QED) is 0.513. The fourth-order valence-electron chi connectivity index (χ4n) is 4.45. The minimum atomic E-state index is 0.257. The molecule has 0 amide bonds. The topological polar surface area (TPSA) is 93.0 Å². The monoisotopic (exact) mass is 417 g/mol. The van der Waals surface area contributed by atoms with Gasteiger partial charge in [-0.25, -0.2) is 9.50 Å². The number of nitrogens with zero attached hydrogens (tertiary/aromatic N) is 5. The van der Waals surface area contributed by atoms with Crippen molar-refractivity contribution in [2.45, 2.75) is 38.5 Å². The molecule has 8 heteroatoms. The molecule has 1 aliphatic heterocycles. The summed E-state index contributed by atoms with van der Waals surface area (Å²) < 4.78 is 7.25. The van der Waals surface area contributed by atoms with E-state index in [1.807, 2.05) is 18.5 Å². The molecule has 1 saturated heterocycles. The molecule has 8 nitrogen and oxygen atoms in total. The summed E-state index contributed by atoms with van der Waals surface area (Å²) in [6.07, 6.45) is 7.82. The third-order valence-corrected chi connectivity index (χ3v) is 6.07. The standard InChI is InChI=1S/C23H27N7O/c1-14(2)20-21(17-10-19(31-3)23-26-13-27-30(23)12-17)28-29-22(20)18-5-4-16(11-25-18)15-6-8-24-9-7-15/h4-5,10-15,24H,6-9H2,1-3H3,(H,28,29). The molecule has 0 aromatic carbocycles. The Balaban J connectivity index is 1.54. The van der Waals surface area contributed by atoms with Gasteiger partial charge in [0.1, 0.15) is 6.33 Å². The van der Waals surface area contributed by atoms with Crippen molar-refractivity contribution in [2.75, 3.05) is 20.2 Å². The number of hydrogen-bond acceptors (Lipinski definition) is 6. The van der Waals surface area contributed by atoms with Crippen LogP contribution in [0.25, 0.3) is 28.3 Å². The van der Waals surface area contributed by atoms with E-state index in [0.29, 0.717) is 17.3 Å². The summed E-state index contributed by atoms with van der Waals surface area (Å²) in [4.78, 5) is 9.07. The third-order valence-electron chi connectivity index (χ3n) is 6.07. The number of aromatic nitrogens is 6. The molecule has 0 atom stereocenters. The van der Waals surface area contributed by atoms with E-state index >= 15 is 0 Å². The average Bonchev–Trinajstić information content (AvgIpc) is 3.46. The van der Waals surface area contributed by atoms with Crippen LogP contribution in [0.15, 0.2) is 36.9 Å². The molecule has 0 radical (unpaired) electrons. The zero-order valence-electron chi connectivity index (χ0n) is 18.1. The van der Waals surface area contributed by atoms with Crippen LogP contribution >= 0.6 is 0 Å². The minimum absolute atomic E-state index is 0.257. The maximum atomic E-state index is 5.53. The Labute approximate surface area is 181 Å². The van der Waals surface area contributed by atoms with Crippen molar-refractivity contribution >= 4 is 5.65 Å². The number of nitrogens with one attached hydrogen (secondary N) is 2. The van der Waals surface area contributed by atoms with E-state index in [9.17, 15) is 0 Å². The molecule has 0 unspecified atom stereocenters. The Hall–Kier alpha value is -3.26. The van der Waals surface area contributed by atoms with Gasteiger partial charge in [-0.2, -0.15) is 10.2 Å². The molecular formula is C23H27N7O. The first-order valence-corrected chi connectivity index (χ1v) is 10.8. The Morgan fingerprint density at radius 2 is 2.00 bits per heavy atom. The first-order valence-electron chi connectivity index (χ1n) is 10.8. The predicted molar refractivity (Wildman–Crippen MR) is 119 cm³/mol. The summed E-state index contributed by atoms with van der Waals surface area (Å²) in [5, 5.41) is 15.6. The summed E-state index contributed by atoms with van der Waals surface area (Å²) in [5.74, 6) is 1.51. The van der Waals surface area contributed by atoms with Gasteiger partial charge in [-0.3, -0.25) is 10.1 Å². The highest BCUT2D eigenvalue weighted by Gasteiger charge is 2.22. The number of aromatic amines is 1. The molecule has 31 heavy (non-hydrogen) atoms. The molecule has 4 aromatic heterocycles. The van der Waals surface area contributed by atoms with Crippen molar-refractivity contribution < 1.29 is 4.74 Å². The van der Waals surface area contributed by atoms with Crippen LogP contribution in [-0.2, 0) is 0 Å². The van der Waals surface area contributed by atoms with E-state index in [1.165, 1.54) is 24.7 Å². The fraction of sp³-hybridized carbons (Fsp3) is 0.391. The van der Waals surface area contributed by atoms with Crippen LogP contribution in [0.1, 0.15) is 49.7 Å². The molecule has 0 aliphatic carbocycles. The molecule has 4 aromatic rings. The summed E-state index contributed by atoms with van der Waals surface area (Å²) in [5.41, 5.74) is 6.80. The molecule has 1 fully saturated rings. The molecular weight excluding hydrogens is 390 g/mol. The van der Waals surface area contributed by atoms with Gasteiger partial charge in [0, 0.05) is 23.5 Å². The van der Waals surface area contributed by atoms with Gasteiger partial charge in [0.15, 0.2) is 11.4 Å². The Bertz CT molecular complexity index is 1190. The predicted octanol–water partition coefficient (Wildman–Crippen LogP) is 3.78. The van der Waals surface area contributed by atoms with Gasteiger partial charge in [0.25, 0.3) is 0 Å². The smallest absolute Gasteiger partial charge is 0.197 e. The maximum absolute atomic E-state index is 5.53. The van der Waals surface area contributed by atoms with Gasteiger partial charge in [-0.15, -0.1) is 0 Å². The second-order valence-corrected chi connectivity index (χ2v) is 8.34. The molecule has 160 valence electrons. The van der Waals surface area contributed by atoms with Crippen molar-refractivity contribution in [1.29, 1.82) is 0 Å². The van der Waals surface area contributed by atoms with E-state index in [-0.39, 0.29) is 5.92 Å². The van der Waals surface area contributed by atoms with Gasteiger partial charge < -0.3 is 10.1 Å². The minimum Gasteiger partial charge on any atom is -0.493 e. The highest BCUT2D eigenvalue weighted by atomic mass is 16.5. The highest BCUT2D eigenvalue weighted by molar-refractivity contribution is 5.75. The zero-order valence-corrected chi connectivity index (χ0v) is 18.1. The molecule has 1 aliphatic rings. The van der Waals surface area contributed by atoms with Gasteiger partial charge in [-0.1, -0.05) is 19.9 Å². The first kappa shape index (κ1) is 19.7. The number of rotatable bonds is 5. The summed E-state index contributed by atoms with van der Waals surface area (Å²) in [6.45, 7) is 6.50. The van der Waals surface area contributed by atoms with Crippen LogP contribution in [0.5, 0.6) is 5.75 Å². The fourth-order valence-corrected chi connectivity index (χ4v) is 4.45. The van der Waals surface area contributed by atoms with Crippen molar-refractivity contribution in [3.05, 3.63) is 48.0 Å². The molecule has 5 heterocycles. The second kappa shape index (κ2) is 8.11. The lowest BCUT2D eigenvalue weighted by Crippen LogP contribution is -2.26. The van der Waals surface area contributed by atoms with Crippen molar-refractivity contribution in [2.24, 2.45) is 0 Å². The van der Waals surface area contributed by atoms with Crippen LogP contribution < -0.4 is 10.1 Å². The highest BCUT2D eigenvalue weighted by Crippen LogP contribution is 2.37. The SMILES string of the molecule is COc1cc(-c2n[nH]c(-c3ccc(C4CCNCC4)cn3)c2C(C)C)cn2ncnc12. The first-order chi connectivity index (χ1) is 15.2. The molecule has 0 spiro atoms. The molecule has 0 bridgehead atoms.